The molecule has 0 aliphatic rings. The molecule has 1 atom stereocenters. The van der Waals surface area contributed by atoms with Crippen LogP contribution in [0.25, 0.3) is 10.8 Å². The molecular weight excluding hydrogens is 574 g/mol. The standard InChI is InChI=1S/C30H41N5O7S/c1-20(22-8-9-24-15-25(42-3)11-10-23(24)14-22)30(41)32-13-7-5-4-6-12-31-26(37)16-33-27(38)17-34-28(39)18-35-29(40)19-43-21(2)36/h8-11,14-15,20H,4-7,12-13,16-19H2,1-3H3,(H,31,37)(H,32,41)(H,33,38)(H,34,39)(H,35,40)/t20-/m0/s1. The second-order valence-corrected chi connectivity index (χ2v) is 11.0. The Labute approximate surface area is 255 Å². The third-order valence-corrected chi connectivity index (χ3v) is 7.25. The van der Waals surface area contributed by atoms with Gasteiger partial charge in [-0.1, -0.05) is 48.9 Å². The number of hydrogen-bond donors (Lipinski definition) is 5. The number of benzene rings is 2. The molecule has 2 aromatic carbocycles. The van der Waals surface area contributed by atoms with E-state index in [1.807, 2.05) is 43.3 Å². The average Bonchev–Trinajstić information content (AvgIpc) is 3.00. The lowest BCUT2D eigenvalue weighted by Gasteiger charge is -2.14. The van der Waals surface area contributed by atoms with Crippen LogP contribution >= 0.6 is 11.8 Å². The molecular formula is C30H41N5O7S. The van der Waals surface area contributed by atoms with Crippen molar-refractivity contribution in [3.8, 4) is 5.75 Å². The van der Waals surface area contributed by atoms with Gasteiger partial charge in [-0.15, -0.1) is 0 Å². The number of unbranched alkanes of at least 4 members (excludes halogenated alkanes) is 3. The molecule has 0 spiro atoms. The number of ether oxygens (including phenoxy) is 1. The zero-order valence-electron chi connectivity index (χ0n) is 24.9. The summed E-state index contributed by atoms with van der Waals surface area (Å²) in [5, 5.41) is 14.7. The number of carbonyl (C=O) groups excluding carboxylic acids is 6. The van der Waals surface area contributed by atoms with E-state index in [-0.39, 0.29) is 48.2 Å². The first-order valence-electron chi connectivity index (χ1n) is 14.1. The fourth-order valence-electron chi connectivity index (χ4n) is 3.93. The molecule has 12 nitrogen and oxygen atoms in total. The molecule has 0 aliphatic carbocycles. The highest BCUT2D eigenvalue weighted by Crippen LogP contribution is 2.25. The number of fused-ring (bicyclic) bond motifs is 1. The Bertz CT molecular complexity index is 1290. The first kappa shape index (κ1) is 35.1. The van der Waals surface area contributed by atoms with Gasteiger partial charge < -0.3 is 31.3 Å². The fraction of sp³-hybridized carbons (Fsp3) is 0.467. The van der Waals surface area contributed by atoms with Crippen molar-refractivity contribution in [1.29, 1.82) is 0 Å². The molecule has 5 N–H and O–H groups in total. The van der Waals surface area contributed by atoms with Crippen molar-refractivity contribution in [2.75, 3.05) is 45.6 Å². The van der Waals surface area contributed by atoms with E-state index in [4.69, 9.17) is 4.74 Å². The molecule has 2 aromatic rings. The molecule has 0 heterocycles. The summed E-state index contributed by atoms with van der Waals surface area (Å²) in [5.41, 5.74) is 0.954. The zero-order chi connectivity index (χ0) is 31.6. The quantitative estimate of drug-likeness (QED) is 0.157. The maximum Gasteiger partial charge on any atom is 0.239 e. The Hall–Kier alpha value is -4.13. The van der Waals surface area contributed by atoms with Crippen molar-refractivity contribution in [2.45, 2.75) is 45.4 Å². The molecule has 0 bridgehead atoms. The molecule has 0 radical (unpaired) electrons. The first-order valence-corrected chi connectivity index (χ1v) is 15.1. The van der Waals surface area contributed by atoms with Gasteiger partial charge in [0.25, 0.3) is 0 Å². The second-order valence-electron chi connectivity index (χ2n) is 9.86. The third-order valence-electron chi connectivity index (χ3n) is 6.43. The number of nitrogens with one attached hydrogen (secondary N) is 5. The number of methoxy groups -OCH3 is 1. The molecule has 0 aromatic heterocycles. The van der Waals surface area contributed by atoms with Gasteiger partial charge in [0.15, 0.2) is 5.12 Å². The van der Waals surface area contributed by atoms with E-state index in [9.17, 15) is 28.8 Å². The van der Waals surface area contributed by atoms with Gasteiger partial charge in [-0.05, 0) is 48.2 Å². The molecule has 0 aliphatic heterocycles. The van der Waals surface area contributed by atoms with E-state index in [0.717, 1.165) is 59.5 Å². The largest absolute Gasteiger partial charge is 0.497 e. The molecule has 0 saturated carbocycles. The van der Waals surface area contributed by atoms with Crippen LogP contribution in [-0.2, 0) is 28.8 Å². The summed E-state index contributed by atoms with van der Waals surface area (Å²) in [5.74, 6) is -1.50. The zero-order valence-corrected chi connectivity index (χ0v) is 25.7. The predicted molar refractivity (Wildman–Crippen MR) is 166 cm³/mol. The smallest absolute Gasteiger partial charge is 0.239 e. The van der Waals surface area contributed by atoms with Crippen LogP contribution in [0.15, 0.2) is 36.4 Å². The number of amides is 5. The van der Waals surface area contributed by atoms with Gasteiger partial charge in [0.2, 0.25) is 29.5 Å². The van der Waals surface area contributed by atoms with Crippen LogP contribution in [0, 0.1) is 0 Å². The highest BCUT2D eigenvalue weighted by Gasteiger charge is 2.15. The van der Waals surface area contributed by atoms with Crippen LogP contribution in [0.4, 0.5) is 0 Å². The highest BCUT2D eigenvalue weighted by atomic mass is 32.2. The molecule has 5 amide bonds. The molecule has 0 fully saturated rings. The minimum Gasteiger partial charge on any atom is -0.497 e. The fourth-order valence-corrected chi connectivity index (χ4v) is 4.36. The summed E-state index contributed by atoms with van der Waals surface area (Å²) in [4.78, 5) is 70.3. The van der Waals surface area contributed by atoms with Crippen molar-refractivity contribution >= 4 is 57.2 Å². The monoisotopic (exact) mass is 615 g/mol. The lowest BCUT2D eigenvalue weighted by atomic mass is 9.97. The van der Waals surface area contributed by atoms with E-state index in [1.165, 1.54) is 6.92 Å². The van der Waals surface area contributed by atoms with Crippen molar-refractivity contribution in [3.05, 3.63) is 42.0 Å². The summed E-state index contributed by atoms with van der Waals surface area (Å²) in [6, 6.07) is 11.8. The minimum absolute atomic E-state index is 0.0196. The summed E-state index contributed by atoms with van der Waals surface area (Å²) in [6.45, 7) is 3.39. The number of carbonyl (C=O) groups is 6. The van der Waals surface area contributed by atoms with Crippen molar-refractivity contribution < 1.29 is 33.5 Å². The Morgan fingerprint density at radius 2 is 1.23 bits per heavy atom. The molecule has 2 rings (SSSR count). The van der Waals surface area contributed by atoms with E-state index in [0.29, 0.717) is 13.1 Å². The van der Waals surface area contributed by atoms with E-state index in [2.05, 4.69) is 26.6 Å². The van der Waals surface area contributed by atoms with E-state index in [1.54, 1.807) is 7.11 Å². The van der Waals surface area contributed by atoms with Gasteiger partial charge in [0.1, 0.15) is 5.75 Å². The van der Waals surface area contributed by atoms with Gasteiger partial charge >= 0.3 is 0 Å². The van der Waals surface area contributed by atoms with Gasteiger partial charge in [-0.2, -0.15) is 0 Å². The predicted octanol–water partition coefficient (Wildman–Crippen LogP) is 1.37. The SMILES string of the molecule is COc1ccc2cc([C@H](C)C(=O)NCCCCCCNC(=O)CNC(=O)CNC(=O)CNC(=O)CSC(C)=O)ccc2c1. The van der Waals surface area contributed by atoms with Crippen molar-refractivity contribution in [2.24, 2.45) is 0 Å². The number of hydrogen-bond acceptors (Lipinski definition) is 8. The normalized spacial score (nSPS) is 11.2. The van der Waals surface area contributed by atoms with Crippen LogP contribution in [0.3, 0.4) is 0 Å². The molecule has 234 valence electrons. The third kappa shape index (κ3) is 14.1. The summed E-state index contributed by atoms with van der Waals surface area (Å²) < 4.78 is 5.26. The average molecular weight is 616 g/mol. The lowest BCUT2D eigenvalue weighted by Crippen LogP contribution is -2.44. The molecule has 43 heavy (non-hydrogen) atoms. The van der Waals surface area contributed by atoms with Crippen molar-refractivity contribution in [1.82, 2.24) is 26.6 Å². The lowest BCUT2D eigenvalue weighted by molar-refractivity contribution is -0.128. The van der Waals surface area contributed by atoms with Gasteiger partial charge in [-0.3, -0.25) is 28.8 Å². The first-order chi connectivity index (χ1) is 20.6. The van der Waals surface area contributed by atoms with Crippen LogP contribution in [0.2, 0.25) is 0 Å². The Kier molecular flexibility index (Phi) is 15.6. The van der Waals surface area contributed by atoms with Crippen LogP contribution in [-0.4, -0.2) is 80.2 Å². The molecule has 13 heteroatoms. The van der Waals surface area contributed by atoms with E-state index < -0.39 is 17.7 Å². The van der Waals surface area contributed by atoms with E-state index >= 15 is 0 Å². The summed E-state index contributed by atoms with van der Waals surface area (Å²) >= 11 is 0.831. The maximum atomic E-state index is 12.6. The Morgan fingerprint density at radius 3 is 1.84 bits per heavy atom. The highest BCUT2D eigenvalue weighted by molar-refractivity contribution is 8.14. The molecule has 0 unspecified atom stereocenters. The number of thioether (sulfide) groups is 1. The second kappa shape index (κ2) is 19.1. The Morgan fingerprint density at radius 1 is 0.698 bits per heavy atom. The van der Waals surface area contributed by atoms with Crippen LogP contribution < -0.4 is 31.3 Å². The molecule has 0 saturated heterocycles. The summed E-state index contributed by atoms with van der Waals surface area (Å²) in [6.07, 6.45) is 3.36. The van der Waals surface area contributed by atoms with Gasteiger partial charge in [0, 0.05) is 20.0 Å². The maximum absolute atomic E-state index is 12.6. The summed E-state index contributed by atoms with van der Waals surface area (Å²) in [7, 11) is 1.63. The topological polar surface area (TPSA) is 172 Å². The minimum atomic E-state index is -0.568. The van der Waals surface area contributed by atoms with Crippen molar-refractivity contribution in [3.63, 3.8) is 0 Å². The van der Waals surface area contributed by atoms with Gasteiger partial charge in [0.05, 0.1) is 38.4 Å². The van der Waals surface area contributed by atoms with Gasteiger partial charge in [-0.25, -0.2) is 0 Å². The Balaban J connectivity index is 1.49. The number of rotatable bonds is 18. The van der Waals surface area contributed by atoms with Crippen LogP contribution in [0.5, 0.6) is 5.75 Å². The van der Waals surface area contributed by atoms with Crippen LogP contribution in [0.1, 0.15) is 51.0 Å².